The first kappa shape index (κ1) is 25.2. The van der Waals surface area contributed by atoms with E-state index in [4.69, 9.17) is 5.73 Å². The molecule has 1 aromatic heterocycles. The average molecular weight is 452 g/mol. The number of anilines is 2. The Balaban J connectivity index is 1.73. The van der Waals surface area contributed by atoms with E-state index in [1.807, 2.05) is 0 Å². The minimum absolute atomic E-state index is 0.773. The summed E-state index contributed by atoms with van der Waals surface area (Å²) in [5.41, 5.74) is 10.7. The van der Waals surface area contributed by atoms with Gasteiger partial charge in [-0.1, -0.05) is 0 Å². The van der Waals surface area contributed by atoms with Gasteiger partial charge in [-0.2, -0.15) is 4.57 Å². The summed E-state index contributed by atoms with van der Waals surface area (Å²) < 4.78 is 2.51. The molecule has 0 spiro atoms. The second-order valence-corrected chi connectivity index (χ2v) is 9.47. The first-order valence-corrected chi connectivity index (χ1v) is 12.2. The van der Waals surface area contributed by atoms with E-state index in [0.717, 1.165) is 52.1 Å². The van der Waals surface area contributed by atoms with Crippen molar-refractivity contribution in [1.29, 1.82) is 0 Å². The Morgan fingerprint density at radius 3 is 1.82 bits per heavy atom. The van der Waals surface area contributed by atoms with Gasteiger partial charge in [0.15, 0.2) is 6.54 Å². The lowest BCUT2D eigenvalue weighted by molar-refractivity contribution is -0.645. The SMILES string of the molecule is CN(CCCN)CCCNCCC[n+]1c2cc(N(C)C)ccc2cc2ccc(N(C)C)cc21. The molecule has 0 atom stereocenters. The first-order chi connectivity index (χ1) is 15.9. The van der Waals surface area contributed by atoms with E-state index >= 15 is 0 Å². The zero-order valence-corrected chi connectivity index (χ0v) is 21.3. The summed E-state index contributed by atoms with van der Waals surface area (Å²) >= 11 is 0. The molecule has 0 saturated heterocycles. The normalized spacial score (nSPS) is 11.6. The molecular formula is C27H43N6+. The van der Waals surface area contributed by atoms with Crippen molar-refractivity contribution >= 4 is 33.2 Å². The quantitative estimate of drug-likeness (QED) is 0.238. The van der Waals surface area contributed by atoms with E-state index in [1.165, 1.54) is 39.6 Å². The molecule has 6 nitrogen and oxygen atoms in total. The number of hydrogen-bond donors (Lipinski definition) is 2. The standard InChI is InChI=1S/C27H43N6/c1-30(2)24-11-9-22-19-23-10-12-25(31(3)4)21-27(23)33(26(22)20-24)18-8-15-29-14-7-17-32(5)16-6-13-28/h9-12,19-21,29H,6-8,13-18,28H2,1-5H3/q+1. The van der Waals surface area contributed by atoms with Gasteiger partial charge in [0.1, 0.15) is 0 Å². The lowest BCUT2D eigenvalue weighted by Gasteiger charge is -2.16. The van der Waals surface area contributed by atoms with Crippen molar-refractivity contribution in [3.8, 4) is 0 Å². The van der Waals surface area contributed by atoms with Crippen molar-refractivity contribution < 1.29 is 4.57 Å². The molecule has 0 fully saturated rings. The van der Waals surface area contributed by atoms with Crippen LogP contribution in [0, 0.1) is 0 Å². The number of rotatable bonds is 13. The predicted molar refractivity (Wildman–Crippen MR) is 144 cm³/mol. The molecule has 0 bridgehead atoms. The van der Waals surface area contributed by atoms with Crippen LogP contribution < -0.4 is 25.4 Å². The Hall–Kier alpha value is -2.41. The minimum Gasteiger partial charge on any atom is -0.377 e. The molecule has 33 heavy (non-hydrogen) atoms. The van der Waals surface area contributed by atoms with E-state index in [9.17, 15) is 0 Å². The summed E-state index contributed by atoms with van der Waals surface area (Å²) in [6.07, 6.45) is 3.34. The molecule has 0 aliphatic carbocycles. The van der Waals surface area contributed by atoms with Crippen LogP contribution >= 0.6 is 0 Å². The summed E-state index contributed by atoms with van der Waals surface area (Å²) in [7, 11) is 10.6. The first-order valence-electron chi connectivity index (χ1n) is 12.2. The van der Waals surface area contributed by atoms with Crippen molar-refractivity contribution in [3.05, 3.63) is 42.5 Å². The molecule has 0 aliphatic heterocycles. The van der Waals surface area contributed by atoms with Gasteiger partial charge in [-0.3, -0.25) is 0 Å². The third-order valence-electron chi connectivity index (χ3n) is 6.33. The number of nitrogens with one attached hydrogen (secondary N) is 1. The number of fused-ring (bicyclic) bond motifs is 2. The molecular weight excluding hydrogens is 408 g/mol. The van der Waals surface area contributed by atoms with Crippen molar-refractivity contribution in [3.63, 3.8) is 0 Å². The second kappa shape index (κ2) is 12.2. The number of benzene rings is 2. The third-order valence-corrected chi connectivity index (χ3v) is 6.33. The Labute approximate surface area is 200 Å². The van der Waals surface area contributed by atoms with Crippen LogP contribution in [0.4, 0.5) is 11.4 Å². The highest BCUT2D eigenvalue weighted by Crippen LogP contribution is 2.25. The lowest BCUT2D eigenvalue weighted by Crippen LogP contribution is -2.37. The number of nitrogens with zero attached hydrogens (tertiary/aromatic N) is 4. The average Bonchev–Trinajstić information content (AvgIpc) is 2.80. The number of hydrogen-bond acceptors (Lipinski definition) is 5. The van der Waals surface area contributed by atoms with Crippen molar-refractivity contribution in [2.24, 2.45) is 5.73 Å². The van der Waals surface area contributed by atoms with Crippen LogP contribution in [0.3, 0.4) is 0 Å². The molecule has 3 rings (SSSR count). The maximum absolute atomic E-state index is 5.60. The Kier molecular flexibility index (Phi) is 9.30. The number of aryl methyl sites for hydroxylation is 1. The smallest absolute Gasteiger partial charge is 0.215 e. The second-order valence-electron chi connectivity index (χ2n) is 9.47. The molecule has 2 aromatic carbocycles. The van der Waals surface area contributed by atoms with Crippen LogP contribution in [0.5, 0.6) is 0 Å². The van der Waals surface area contributed by atoms with Gasteiger partial charge in [-0.05, 0) is 76.4 Å². The minimum atomic E-state index is 0.773. The zero-order chi connectivity index (χ0) is 23.8. The van der Waals surface area contributed by atoms with Gasteiger partial charge in [0.05, 0.1) is 0 Å². The molecule has 1 heterocycles. The fourth-order valence-corrected chi connectivity index (χ4v) is 4.30. The van der Waals surface area contributed by atoms with Crippen LogP contribution in [0.1, 0.15) is 19.3 Å². The largest absolute Gasteiger partial charge is 0.377 e. The Morgan fingerprint density at radius 1 is 0.727 bits per heavy atom. The highest BCUT2D eigenvalue weighted by atomic mass is 15.1. The van der Waals surface area contributed by atoms with Crippen molar-refractivity contribution in [1.82, 2.24) is 10.2 Å². The van der Waals surface area contributed by atoms with E-state index < -0.39 is 0 Å². The lowest BCUT2D eigenvalue weighted by atomic mass is 10.1. The Morgan fingerprint density at radius 2 is 1.27 bits per heavy atom. The molecule has 3 aromatic rings. The molecule has 6 heteroatoms. The van der Waals surface area contributed by atoms with Crippen LogP contribution in [0.2, 0.25) is 0 Å². The van der Waals surface area contributed by atoms with Gasteiger partial charge in [0.25, 0.3) is 0 Å². The monoisotopic (exact) mass is 451 g/mol. The van der Waals surface area contributed by atoms with Crippen molar-refractivity contribution in [2.75, 3.05) is 77.8 Å². The topological polar surface area (TPSA) is 51.7 Å². The summed E-state index contributed by atoms with van der Waals surface area (Å²) in [5.74, 6) is 0. The summed E-state index contributed by atoms with van der Waals surface area (Å²) in [6.45, 7) is 6.06. The van der Waals surface area contributed by atoms with E-state index in [0.29, 0.717) is 0 Å². The zero-order valence-electron chi connectivity index (χ0n) is 21.3. The number of nitrogens with two attached hydrogens (primary N) is 1. The summed E-state index contributed by atoms with van der Waals surface area (Å²) in [5, 5.41) is 6.22. The fourth-order valence-electron chi connectivity index (χ4n) is 4.30. The van der Waals surface area contributed by atoms with E-state index in [1.54, 1.807) is 0 Å². The number of pyridine rings is 1. The van der Waals surface area contributed by atoms with Gasteiger partial charge >= 0.3 is 0 Å². The van der Waals surface area contributed by atoms with Gasteiger partial charge in [0.2, 0.25) is 11.0 Å². The van der Waals surface area contributed by atoms with Crippen LogP contribution in [0.25, 0.3) is 21.8 Å². The molecule has 180 valence electrons. The highest BCUT2D eigenvalue weighted by Gasteiger charge is 2.17. The molecule has 0 radical (unpaired) electrons. The molecule has 0 unspecified atom stereocenters. The highest BCUT2D eigenvalue weighted by molar-refractivity contribution is 5.91. The Bertz CT molecular complexity index is 964. The van der Waals surface area contributed by atoms with E-state index in [2.05, 4.69) is 102 Å². The summed E-state index contributed by atoms with van der Waals surface area (Å²) in [6, 6.07) is 15.9. The molecule has 0 saturated carbocycles. The van der Waals surface area contributed by atoms with Crippen molar-refractivity contribution in [2.45, 2.75) is 25.8 Å². The maximum atomic E-state index is 5.60. The van der Waals surface area contributed by atoms with Gasteiger partial charge < -0.3 is 25.8 Å². The van der Waals surface area contributed by atoms with Gasteiger partial charge in [0, 0.05) is 75.4 Å². The third kappa shape index (κ3) is 6.79. The molecule has 0 aliphatic rings. The van der Waals surface area contributed by atoms with Gasteiger partial charge in [-0.25, -0.2) is 0 Å². The van der Waals surface area contributed by atoms with E-state index in [-0.39, 0.29) is 0 Å². The predicted octanol–water partition coefficient (Wildman–Crippen LogP) is 3.06. The van der Waals surface area contributed by atoms with Crippen LogP contribution in [-0.4, -0.2) is 72.9 Å². The van der Waals surface area contributed by atoms with Gasteiger partial charge in [-0.15, -0.1) is 0 Å². The number of aromatic nitrogens is 1. The maximum Gasteiger partial charge on any atom is 0.215 e. The summed E-state index contributed by atoms with van der Waals surface area (Å²) in [4.78, 5) is 6.73. The molecule has 0 amide bonds. The van der Waals surface area contributed by atoms with Crippen LogP contribution in [-0.2, 0) is 6.54 Å². The molecule has 3 N–H and O–H groups in total. The fraction of sp³-hybridized carbons (Fsp3) is 0.519. The van der Waals surface area contributed by atoms with Crippen LogP contribution in [0.15, 0.2) is 42.5 Å².